The summed E-state index contributed by atoms with van der Waals surface area (Å²) in [5.74, 6) is 0.580. The van der Waals surface area contributed by atoms with Gasteiger partial charge in [0.2, 0.25) is 0 Å². The number of aromatic nitrogens is 3. The fourth-order valence-corrected chi connectivity index (χ4v) is 1.54. The number of pyridine rings is 1. The van der Waals surface area contributed by atoms with Crippen LogP contribution in [0.5, 0.6) is 0 Å². The molecule has 2 aromatic rings. The van der Waals surface area contributed by atoms with E-state index in [1.54, 1.807) is 18.2 Å². The second-order valence-corrected chi connectivity index (χ2v) is 3.32. The Hall–Kier alpha value is -1.59. The third-order valence-electron chi connectivity index (χ3n) is 2.18. The molecule has 0 aliphatic rings. The number of hydrogen-bond acceptors (Lipinski definition) is 2. The molecule has 2 rings (SSSR count). The van der Waals surface area contributed by atoms with Crippen LogP contribution in [0.1, 0.15) is 17.1 Å². The lowest BCUT2D eigenvalue weighted by molar-refractivity contribution is -0.137. The molecule has 0 amide bonds. The van der Waals surface area contributed by atoms with Crippen molar-refractivity contribution in [2.24, 2.45) is 0 Å². The molecule has 0 bridgehead atoms. The van der Waals surface area contributed by atoms with Crippen LogP contribution in [-0.2, 0) is 6.18 Å². The maximum Gasteiger partial charge on any atom is 0.416 e. The summed E-state index contributed by atoms with van der Waals surface area (Å²) in [5, 5.41) is 7.39. The number of nitrogens with zero attached hydrogens (tertiary/aromatic N) is 3. The van der Waals surface area contributed by atoms with E-state index in [-0.39, 0.29) is 5.65 Å². The second-order valence-electron chi connectivity index (χ2n) is 3.32. The van der Waals surface area contributed by atoms with Gasteiger partial charge in [-0.3, -0.25) is 4.40 Å². The molecule has 0 fully saturated rings. The zero-order chi connectivity index (χ0) is 11.2. The Morgan fingerprint density at radius 2 is 1.80 bits per heavy atom. The van der Waals surface area contributed by atoms with Crippen LogP contribution in [0, 0.1) is 13.8 Å². The van der Waals surface area contributed by atoms with Crippen molar-refractivity contribution in [3.63, 3.8) is 0 Å². The predicted octanol–water partition coefficient (Wildman–Crippen LogP) is 2.36. The summed E-state index contributed by atoms with van der Waals surface area (Å²) in [6, 6.07) is 2.08. The van der Waals surface area contributed by atoms with E-state index in [9.17, 15) is 13.2 Å². The van der Waals surface area contributed by atoms with Crippen molar-refractivity contribution in [2.45, 2.75) is 20.0 Å². The number of alkyl halides is 3. The van der Waals surface area contributed by atoms with Gasteiger partial charge in [-0.2, -0.15) is 13.2 Å². The van der Waals surface area contributed by atoms with Gasteiger partial charge in [0.15, 0.2) is 5.65 Å². The van der Waals surface area contributed by atoms with E-state index in [4.69, 9.17) is 0 Å². The molecule has 0 spiro atoms. The number of halogens is 3. The summed E-state index contributed by atoms with van der Waals surface area (Å²) in [6.07, 6.45) is -4.34. The standard InChI is InChI=1S/C9H8F3N3/c1-5-3-7(9(10,11)12)4-8-14-13-6(2)15(5)8/h3-4H,1-2H3. The minimum absolute atomic E-state index is 0.222. The second kappa shape index (κ2) is 2.95. The summed E-state index contributed by atoms with van der Waals surface area (Å²) >= 11 is 0. The lowest BCUT2D eigenvalue weighted by Gasteiger charge is -2.08. The highest BCUT2D eigenvalue weighted by atomic mass is 19.4. The zero-order valence-corrected chi connectivity index (χ0v) is 8.13. The van der Waals surface area contributed by atoms with Crippen molar-refractivity contribution >= 4 is 5.65 Å². The maximum atomic E-state index is 12.4. The molecule has 0 atom stereocenters. The number of aryl methyl sites for hydroxylation is 2. The first-order valence-corrected chi connectivity index (χ1v) is 4.29. The average molecular weight is 215 g/mol. The lowest BCUT2D eigenvalue weighted by atomic mass is 10.2. The highest BCUT2D eigenvalue weighted by molar-refractivity contribution is 5.44. The first kappa shape index (κ1) is 9.95. The van der Waals surface area contributed by atoms with Crippen molar-refractivity contribution < 1.29 is 13.2 Å². The van der Waals surface area contributed by atoms with Crippen molar-refractivity contribution in [3.8, 4) is 0 Å². The number of fused-ring (bicyclic) bond motifs is 1. The summed E-state index contributed by atoms with van der Waals surface area (Å²) in [5.41, 5.74) is 0.00190. The van der Waals surface area contributed by atoms with Gasteiger partial charge in [0.05, 0.1) is 5.56 Å². The lowest BCUT2D eigenvalue weighted by Crippen LogP contribution is -2.07. The molecule has 0 saturated carbocycles. The normalized spacial score (nSPS) is 12.3. The summed E-state index contributed by atoms with van der Waals surface area (Å²) in [4.78, 5) is 0. The van der Waals surface area contributed by atoms with E-state index < -0.39 is 11.7 Å². The predicted molar refractivity (Wildman–Crippen MR) is 47.5 cm³/mol. The van der Waals surface area contributed by atoms with Crippen LogP contribution in [0.4, 0.5) is 13.2 Å². The first-order valence-electron chi connectivity index (χ1n) is 4.29. The summed E-state index contributed by atoms with van der Waals surface area (Å²) < 4.78 is 38.9. The molecule has 0 unspecified atom stereocenters. The van der Waals surface area contributed by atoms with Gasteiger partial charge in [0, 0.05) is 5.69 Å². The van der Waals surface area contributed by atoms with Crippen LogP contribution in [0.2, 0.25) is 0 Å². The summed E-state index contributed by atoms with van der Waals surface area (Å²) in [7, 11) is 0. The molecule has 2 heterocycles. The van der Waals surface area contributed by atoms with Crippen LogP contribution >= 0.6 is 0 Å². The molecule has 0 aliphatic carbocycles. The highest BCUT2D eigenvalue weighted by Gasteiger charge is 2.31. The largest absolute Gasteiger partial charge is 0.416 e. The minimum atomic E-state index is -4.34. The molecule has 80 valence electrons. The van der Waals surface area contributed by atoms with Crippen LogP contribution in [0.15, 0.2) is 12.1 Å². The van der Waals surface area contributed by atoms with Crippen LogP contribution in [0.25, 0.3) is 5.65 Å². The van der Waals surface area contributed by atoms with E-state index in [1.165, 1.54) is 0 Å². The van der Waals surface area contributed by atoms with Crippen LogP contribution < -0.4 is 0 Å². The van der Waals surface area contributed by atoms with Gasteiger partial charge in [-0.15, -0.1) is 10.2 Å². The molecule has 0 aliphatic heterocycles. The van der Waals surface area contributed by atoms with Gasteiger partial charge in [0.25, 0.3) is 0 Å². The highest BCUT2D eigenvalue weighted by Crippen LogP contribution is 2.30. The van der Waals surface area contributed by atoms with Crippen LogP contribution in [-0.4, -0.2) is 14.6 Å². The Bertz CT molecular complexity index is 513. The van der Waals surface area contributed by atoms with Crippen LogP contribution in [0.3, 0.4) is 0 Å². The molecule has 6 heteroatoms. The van der Waals surface area contributed by atoms with E-state index >= 15 is 0 Å². The third kappa shape index (κ3) is 1.55. The Morgan fingerprint density at radius 1 is 1.13 bits per heavy atom. The van der Waals surface area contributed by atoms with Crippen molar-refractivity contribution in [2.75, 3.05) is 0 Å². The van der Waals surface area contributed by atoms with E-state index in [2.05, 4.69) is 10.2 Å². The van der Waals surface area contributed by atoms with E-state index in [0.717, 1.165) is 12.1 Å². The van der Waals surface area contributed by atoms with E-state index in [0.29, 0.717) is 11.5 Å². The molecule has 0 saturated heterocycles. The fourth-order valence-electron chi connectivity index (χ4n) is 1.54. The van der Waals surface area contributed by atoms with Gasteiger partial charge in [-0.1, -0.05) is 0 Å². The molecule has 0 radical (unpaired) electrons. The monoisotopic (exact) mass is 215 g/mol. The van der Waals surface area contributed by atoms with Crippen molar-refractivity contribution in [3.05, 3.63) is 29.2 Å². The molecule has 0 N–H and O–H groups in total. The first-order chi connectivity index (χ1) is 6.89. The topological polar surface area (TPSA) is 30.2 Å². The number of hydrogen-bond donors (Lipinski definition) is 0. The van der Waals surface area contributed by atoms with Gasteiger partial charge >= 0.3 is 6.18 Å². The van der Waals surface area contributed by atoms with Crippen molar-refractivity contribution in [1.29, 1.82) is 0 Å². The number of rotatable bonds is 0. The third-order valence-corrected chi connectivity index (χ3v) is 2.18. The summed E-state index contributed by atoms with van der Waals surface area (Å²) in [6.45, 7) is 3.29. The molecule has 3 nitrogen and oxygen atoms in total. The van der Waals surface area contributed by atoms with Gasteiger partial charge in [-0.05, 0) is 26.0 Å². The molecular formula is C9H8F3N3. The van der Waals surface area contributed by atoms with Gasteiger partial charge in [-0.25, -0.2) is 0 Å². The molecule has 15 heavy (non-hydrogen) atoms. The van der Waals surface area contributed by atoms with E-state index in [1.807, 2.05) is 0 Å². The zero-order valence-electron chi connectivity index (χ0n) is 8.13. The Kier molecular flexibility index (Phi) is 1.95. The SMILES string of the molecule is Cc1cc(C(F)(F)F)cc2nnc(C)n12. The average Bonchev–Trinajstić information content (AvgIpc) is 2.46. The maximum absolute atomic E-state index is 12.4. The molecule has 2 aromatic heterocycles. The quantitative estimate of drug-likeness (QED) is 0.675. The van der Waals surface area contributed by atoms with Gasteiger partial charge < -0.3 is 0 Å². The van der Waals surface area contributed by atoms with Crippen molar-refractivity contribution in [1.82, 2.24) is 14.6 Å². The fraction of sp³-hybridized carbons (Fsp3) is 0.333. The molecule has 0 aromatic carbocycles. The Balaban J connectivity index is 2.74. The Labute approximate surface area is 83.5 Å². The molecular weight excluding hydrogens is 207 g/mol. The Morgan fingerprint density at radius 3 is 2.40 bits per heavy atom. The smallest absolute Gasteiger partial charge is 0.284 e. The minimum Gasteiger partial charge on any atom is -0.284 e. The van der Waals surface area contributed by atoms with Gasteiger partial charge in [0.1, 0.15) is 5.82 Å².